The summed E-state index contributed by atoms with van der Waals surface area (Å²) in [5.74, 6) is 1.32. The molecule has 34 heavy (non-hydrogen) atoms. The molecule has 2 heterocycles. The number of aryl methyl sites for hydroxylation is 1. The fraction of sp³-hybridized carbons (Fsp3) is 0.560. The molecule has 0 bridgehead atoms. The molecule has 0 saturated carbocycles. The predicted octanol–water partition coefficient (Wildman–Crippen LogP) is 2.38. The summed E-state index contributed by atoms with van der Waals surface area (Å²) in [6, 6.07) is 9.84. The maximum Gasteiger partial charge on any atom is 0.318 e. The van der Waals surface area contributed by atoms with E-state index in [9.17, 15) is 9.59 Å². The van der Waals surface area contributed by atoms with Crippen LogP contribution in [0.3, 0.4) is 0 Å². The number of nitrogens with one attached hydrogen (secondary N) is 2. The minimum absolute atomic E-state index is 0.0182. The minimum Gasteiger partial charge on any atom is -0.493 e. The summed E-state index contributed by atoms with van der Waals surface area (Å²) < 4.78 is 7.52. The maximum absolute atomic E-state index is 13.3. The molecule has 186 valence electrons. The second-order valence-electron chi connectivity index (χ2n) is 9.36. The molecule has 1 fully saturated rings. The van der Waals surface area contributed by atoms with E-state index in [0.29, 0.717) is 32.2 Å². The summed E-state index contributed by atoms with van der Waals surface area (Å²) in [6.45, 7) is 7.79. The summed E-state index contributed by atoms with van der Waals surface area (Å²) in [6.07, 6.45) is 3.53. The first-order valence-electron chi connectivity index (χ1n) is 12.0. The van der Waals surface area contributed by atoms with Crippen molar-refractivity contribution in [1.82, 2.24) is 30.2 Å². The molecule has 3 rings (SSSR count). The maximum atomic E-state index is 13.3. The van der Waals surface area contributed by atoms with Crippen LogP contribution in [0.25, 0.3) is 0 Å². The fourth-order valence-corrected chi connectivity index (χ4v) is 3.90. The van der Waals surface area contributed by atoms with Gasteiger partial charge in [-0.2, -0.15) is 5.10 Å². The molecular weight excluding hydrogens is 432 g/mol. The van der Waals surface area contributed by atoms with Gasteiger partial charge in [-0.1, -0.05) is 26.0 Å². The van der Waals surface area contributed by atoms with Crippen LogP contribution in [0.1, 0.15) is 37.9 Å². The lowest BCUT2D eigenvalue weighted by Gasteiger charge is -2.33. The number of nitrogens with zero attached hydrogens (tertiary/aromatic N) is 4. The van der Waals surface area contributed by atoms with Gasteiger partial charge >= 0.3 is 6.03 Å². The monoisotopic (exact) mass is 470 g/mol. The zero-order valence-corrected chi connectivity index (χ0v) is 20.8. The van der Waals surface area contributed by atoms with Gasteiger partial charge in [-0.05, 0) is 42.5 Å². The molecule has 0 unspecified atom stereocenters. The van der Waals surface area contributed by atoms with Crippen molar-refractivity contribution in [2.75, 3.05) is 33.3 Å². The highest BCUT2D eigenvalue weighted by atomic mass is 16.5. The van der Waals surface area contributed by atoms with Gasteiger partial charge < -0.3 is 20.3 Å². The summed E-state index contributed by atoms with van der Waals surface area (Å²) in [4.78, 5) is 28.8. The molecule has 9 heteroatoms. The Morgan fingerprint density at radius 2 is 1.85 bits per heavy atom. The Morgan fingerprint density at radius 3 is 2.44 bits per heavy atom. The number of urea groups is 1. The predicted molar refractivity (Wildman–Crippen MR) is 131 cm³/mol. The second-order valence-corrected chi connectivity index (χ2v) is 9.36. The molecule has 1 aromatic heterocycles. The van der Waals surface area contributed by atoms with Crippen molar-refractivity contribution in [3.63, 3.8) is 0 Å². The largest absolute Gasteiger partial charge is 0.493 e. The Labute approximate surface area is 202 Å². The molecule has 2 aromatic rings. The number of ether oxygens (including phenoxy) is 1. The summed E-state index contributed by atoms with van der Waals surface area (Å²) >= 11 is 0. The number of amides is 3. The normalized spacial score (nSPS) is 14.7. The fourth-order valence-electron chi connectivity index (χ4n) is 3.90. The lowest BCUT2D eigenvalue weighted by molar-refractivity contribution is -0.122. The Hall–Kier alpha value is -3.07. The van der Waals surface area contributed by atoms with Crippen LogP contribution in [0.15, 0.2) is 36.5 Å². The first kappa shape index (κ1) is 25.6. The molecular formula is C25H38N6O3. The molecule has 0 aliphatic carbocycles. The van der Waals surface area contributed by atoms with Gasteiger partial charge in [0.25, 0.3) is 0 Å². The number of hydrogen-bond donors (Lipinski definition) is 2. The lowest BCUT2D eigenvalue weighted by Crippen LogP contribution is -2.50. The molecule has 0 radical (unpaired) electrons. The standard InChI is InChI=1S/C25H38N6O3/c1-19(2)18-34-23-7-5-20(6-8-23)15-31(16-22-9-12-29(4)28-22)25(33)27-21-10-13-30(14-11-21)17-24(32)26-3/h5-9,12,19,21H,10-11,13-18H2,1-4H3,(H,26,32)(H,27,33). The van der Waals surface area contributed by atoms with E-state index in [-0.39, 0.29) is 18.0 Å². The smallest absolute Gasteiger partial charge is 0.318 e. The van der Waals surface area contributed by atoms with Gasteiger partial charge in [-0.15, -0.1) is 0 Å². The third-order valence-corrected chi connectivity index (χ3v) is 5.85. The van der Waals surface area contributed by atoms with Gasteiger partial charge in [0.05, 0.1) is 25.4 Å². The number of piperidine rings is 1. The van der Waals surface area contributed by atoms with E-state index in [2.05, 4.69) is 34.5 Å². The van der Waals surface area contributed by atoms with Crippen molar-refractivity contribution in [3.05, 3.63) is 47.8 Å². The zero-order chi connectivity index (χ0) is 24.5. The number of hydrogen-bond acceptors (Lipinski definition) is 5. The Morgan fingerprint density at radius 1 is 1.15 bits per heavy atom. The van der Waals surface area contributed by atoms with Crippen LogP contribution in [0.4, 0.5) is 4.79 Å². The van der Waals surface area contributed by atoms with E-state index in [4.69, 9.17) is 4.74 Å². The van der Waals surface area contributed by atoms with Crippen molar-refractivity contribution in [1.29, 1.82) is 0 Å². The molecule has 0 spiro atoms. The van der Waals surface area contributed by atoms with Gasteiger partial charge in [-0.3, -0.25) is 14.4 Å². The summed E-state index contributed by atoms with van der Waals surface area (Å²) in [5, 5.41) is 10.3. The highest BCUT2D eigenvalue weighted by Crippen LogP contribution is 2.17. The van der Waals surface area contributed by atoms with E-state index in [1.165, 1.54) is 0 Å². The SMILES string of the molecule is CNC(=O)CN1CCC(NC(=O)N(Cc2ccc(OCC(C)C)cc2)Cc2ccn(C)n2)CC1. The van der Waals surface area contributed by atoms with Crippen molar-refractivity contribution in [3.8, 4) is 5.75 Å². The topological polar surface area (TPSA) is 91.7 Å². The number of benzene rings is 1. The average molecular weight is 471 g/mol. The van der Waals surface area contributed by atoms with Crippen molar-refractivity contribution in [2.24, 2.45) is 13.0 Å². The lowest BCUT2D eigenvalue weighted by atomic mass is 10.1. The van der Waals surface area contributed by atoms with Crippen LogP contribution < -0.4 is 15.4 Å². The average Bonchev–Trinajstić information content (AvgIpc) is 3.23. The third-order valence-electron chi connectivity index (χ3n) is 5.85. The molecule has 9 nitrogen and oxygen atoms in total. The van der Waals surface area contributed by atoms with Crippen molar-refractivity contribution < 1.29 is 14.3 Å². The highest BCUT2D eigenvalue weighted by molar-refractivity contribution is 5.77. The van der Waals surface area contributed by atoms with Crippen LogP contribution in [-0.4, -0.2) is 70.8 Å². The molecule has 0 atom stereocenters. The van der Waals surface area contributed by atoms with Gasteiger partial charge in [0.1, 0.15) is 5.75 Å². The molecule has 2 N–H and O–H groups in total. The van der Waals surface area contributed by atoms with E-state index < -0.39 is 0 Å². The molecule has 1 aliphatic rings. The number of rotatable bonds is 10. The van der Waals surface area contributed by atoms with Crippen LogP contribution >= 0.6 is 0 Å². The number of aromatic nitrogens is 2. The molecule has 1 saturated heterocycles. The van der Waals surface area contributed by atoms with Crippen LogP contribution in [-0.2, 0) is 24.9 Å². The quantitative estimate of drug-likeness (QED) is 0.556. The van der Waals surface area contributed by atoms with Crippen LogP contribution in [0.5, 0.6) is 5.75 Å². The van der Waals surface area contributed by atoms with Gasteiger partial charge in [0.2, 0.25) is 5.91 Å². The van der Waals surface area contributed by atoms with Crippen LogP contribution in [0, 0.1) is 5.92 Å². The summed E-state index contributed by atoms with van der Waals surface area (Å²) in [7, 11) is 3.52. The number of carbonyl (C=O) groups excluding carboxylic acids is 2. The molecule has 1 aliphatic heterocycles. The Bertz CT molecular complexity index is 919. The Kier molecular flexibility index (Phi) is 9.33. The number of carbonyl (C=O) groups is 2. The van der Waals surface area contributed by atoms with Crippen molar-refractivity contribution >= 4 is 11.9 Å². The third kappa shape index (κ3) is 8.06. The van der Waals surface area contributed by atoms with Gasteiger partial charge in [0, 0.05) is 46.0 Å². The number of likely N-dealkylation sites (tertiary alicyclic amines) is 1. The zero-order valence-electron chi connectivity index (χ0n) is 20.8. The minimum atomic E-state index is -0.101. The van der Waals surface area contributed by atoms with E-state index in [0.717, 1.165) is 42.9 Å². The highest BCUT2D eigenvalue weighted by Gasteiger charge is 2.24. The summed E-state index contributed by atoms with van der Waals surface area (Å²) in [5.41, 5.74) is 1.87. The Balaban J connectivity index is 1.60. The van der Waals surface area contributed by atoms with E-state index in [1.807, 2.05) is 43.6 Å². The van der Waals surface area contributed by atoms with E-state index >= 15 is 0 Å². The molecule has 1 aromatic carbocycles. The van der Waals surface area contributed by atoms with Gasteiger partial charge in [0.15, 0.2) is 0 Å². The van der Waals surface area contributed by atoms with E-state index in [1.54, 1.807) is 16.6 Å². The number of likely N-dealkylation sites (N-methyl/N-ethyl adjacent to an activating group) is 1. The van der Waals surface area contributed by atoms with Crippen LogP contribution in [0.2, 0.25) is 0 Å². The first-order valence-corrected chi connectivity index (χ1v) is 12.0. The van der Waals surface area contributed by atoms with Gasteiger partial charge in [-0.25, -0.2) is 4.79 Å². The van der Waals surface area contributed by atoms with Crippen molar-refractivity contribution in [2.45, 2.75) is 45.8 Å². The second kappa shape index (κ2) is 12.4. The first-order chi connectivity index (χ1) is 16.3. The molecule has 3 amide bonds.